The van der Waals surface area contributed by atoms with Crippen molar-refractivity contribution in [3.63, 3.8) is 0 Å². The SMILES string of the molecule is CCOC(=O)c1ccc(N(CCNC(=O)c2ccccc2)S(C)(=O)=O)cc1. The lowest BCUT2D eigenvalue weighted by Gasteiger charge is -2.22. The lowest BCUT2D eigenvalue weighted by molar-refractivity contribution is 0.0526. The molecule has 0 radical (unpaired) electrons. The topological polar surface area (TPSA) is 92.8 Å². The standard InChI is InChI=1S/C19H22N2O5S/c1-3-26-19(23)16-9-11-17(12-10-16)21(27(2,24)25)14-13-20-18(22)15-7-5-4-6-8-15/h4-12H,3,13-14H2,1-2H3,(H,20,22). The van der Waals surface area contributed by atoms with Crippen molar-refractivity contribution in [3.8, 4) is 0 Å². The van der Waals surface area contributed by atoms with Crippen LogP contribution < -0.4 is 9.62 Å². The number of sulfonamides is 1. The minimum absolute atomic E-state index is 0.0656. The Balaban J connectivity index is 2.05. The number of carbonyl (C=O) groups excluding carboxylic acids is 2. The Morgan fingerprint density at radius 2 is 1.63 bits per heavy atom. The summed E-state index contributed by atoms with van der Waals surface area (Å²) in [6.07, 6.45) is 1.09. The van der Waals surface area contributed by atoms with Crippen LogP contribution in [0.4, 0.5) is 5.69 Å². The highest BCUT2D eigenvalue weighted by Crippen LogP contribution is 2.18. The Hall–Kier alpha value is -2.87. The molecule has 0 fully saturated rings. The molecule has 2 aromatic carbocycles. The molecular weight excluding hydrogens is 368 g/mol. The van der Waals surface area contributed by atoms with Gasteiger partial charge in [0.15, 0.2) is 0 Å². The first-order valence-corrected chi connectivity index (χ1v) is 10.3. The average molecular weight is 390 g/mol. The highest BCUT2D eigenvalue weighted by Gasteiger charge is 2.18. The smallest absolute Gasteiger partial charge is 0.338 e. The van der Waals surface area contributed by atoms with E-state index in [0.717, 1.165) is 6.26 Å². The van der Waals surface area contributed by atoms with Gasteiger partial charge in [0.25, 0.3) is 5.91 Å². The number of esters is 1. The molecule has 0 atom stereocenters. The highest BCUT2D eigenvalue weighted by atomic mass is 32.2. The predicted molar refractivity (Wildman–Crippen MR) is 103 cm³/mol. The molecule has 0 spiro atoms. The quantitative estimate of drug-likeness (QED) is 0.697. The number of anilines is 1. The molecule has 2 rings (SSSR count). The van der Waals surface area contributed by atoms with Crippen LogP contribution in [0.3, 0.4) is 0 Å². The maximum atomic E-state index is 12.1. The van der Waals surface area contributed by atoms with Gasteiger partial charge in [-0.25, -0.2) is 13.2 Å². The van der Waals surface area contributed by atoms with Gasteiger partial charge in [-0.15, -0.1) is 0 Å². The Labute approximate surface area is 159 Å². The summed E-state index contributed by atoms with van der Waals surface area (Å²) in [5.74, 6) is -0.744. The van der Waals surface area contributed by atoms with E-state index in [0.29, 0.717) is 16.8 Å². The molecule has 1 amide bonds. The minimum Gasteiger partial charge on any atom is -0.462 e. The molecule has 27 heavy (non-hydrogen) atoms. The first kappa shape index (κ1) is 20.4. The van der Waals surface area contributed by atoms with E-state index in [1.165, 1.54) is 28.6 Å². The molecule has 0 heterocycles. The largest absolute Gasteiger partial charge is 0.462 e. The molecule has 8 heteroatoms. The van der Waals surface area contributed by atoms with Crippen molar-refractivity contribution in [1.82, 2.24) is 5.32 Å². The van der Waals surface area contributed by atoms with Crippen LogP contribution in [-0.4, -0.2) is 46.2 Å². The van der Waals surface area contributed by atoms with Gasteiger partial charge in [-0.2, -0.15) is 0 Å². The monoisotopic (exact) mass is 390 g/mol. The Morgan fingerprint density at radius 1 is 1.00 bits per heavy atom. The van der Waals surface area contributed by atoms with Gasteiger partial charge in [0.1, 0.15) is 0 Å². The third-order valence-corrected chi connectivity index (χ3v) is 4.90. The first-order valence-electron chi connectivity index (χ1n) is 8.41. The van der Waals surface area contributed by atoms with Crippen LogP contribution in [0.2, 0.25) is 0 Å². The normalized spacial score (nSPS) is 10.9. The summed E-state index contributed by atoms with van der Waals surface area (Å²) in [6, 6.07) is 14.8. The number of nitrogens with zero attached hydrogens (tertiary/aromatic N) is 1. The van der Waals surface area contributed by atoms with Crippen molar-refractivity contribution in [3.05, 3.63) is 65.7 Å². The third-order valence-electron chi connectivity index (χ3n) is 3.70. The molecule has 0 aliphatic rings. The van der Waals surface area contributed by atoms with Crippen molar-refractivity contribution in [2.45, 2.75) is 6.92 Å². The molecule has 0 saturated heterocycles. The highest BCUT2D eigenvalue weighted by molar-refractivity contribution is 7.92. The lowest BCUT2D eigenvalue weighted by Crippen LogP contribution is -2.38. The average Bonchev–Trinajstić information content (AvgIpc) is 2.65. The van der Waals surface area contributed by atoms with E-state index in [1.807, 2.05) is 6.07 Å². The number of ether oxygens (including phenoxy) is 1. The van der Waals surface area contributed by atoms with Crippen molar-refractivity contribution in [1.29, 1.82) is 0 Å². The summed E-state index contributed by atoms with van der Waals surface area (Å²) < 4.78 is 30.3. The van der Waals surface area contributed by atoms with Crippen molar-refractivity contribution >= 4 is 27.6 Å². The number of hydrogen-bond donors (Lipinski definition) is 1. The molecule has 0 aromatic heterocycles. The molecule has 0 bridgehead atoms. The number of carbonyl (C=O) groups is 2. The zero-order chi connectivity index (χ0) is 19.9. The van der Waals surface area contributed by atoms with Crippen LogP contribution >= 0.6 is 0 Å². The van der Waals surface area contributed by atoms with E-state index in [1.54, 1.807) is 31.2 Å². The maximum Gasteiger partial charge on any atom is 0.338 e. The number of rotatable bonds is 8. The van der Waals surface area contributed by atoms with Crippen LogP contribution in [-0.2, 0) is 14.8 Å². The Kier molecular flexibility index (Phi) is 6.95. The van der Waals surface area contributed by atoms with Gasteiger partial charge in [-0.05, 0) is 43.3 Å². The van der Waals surface area contributed by atoms with Crippen molar-refractivity contribution in [2.75, 3.05) is 30.3 Å². The molecule has 0 aliphatic carbocycles. The van der Waals surface area contributed by atoms with Crippen molar-refractivity contribution in [2.24, 2.45) is 0 Å². The van der Waals surface area contributed by atoms with E-state index in [4.69, 9.17) is 4.74 Å². The van der Waals surface area contributed by atoms with Gasteiger partial charge >= 0.3 is 5.97 Å². The van der Waals surface area contributed by atoms with Crippen LogP contribution in [0.1, 0.15) is 27.6 Å². The Morgan fingerprint density at radius 3 is 2.19 bits per heavy atom. The molecule has 0 saturated carbocycles. The fraction of sp³-hybridized carbons (Fsp3) is 0.263. The van der Waals surface area contributed by atoms with Gasteiger partial charge in [0.05, 0.1) is 30.7 Å². The number of benzene rings is 2. The first-order chi connectivity index (χ1) is 12.8. The molecule has 7 nitrogen and oxygen atoms in total. The van der Waals surface area contributed by atoms with Crippen LogP contribution in [0.5, 0.6) is 0 Å². The second kappa shape index (κ2) is 9.18. The fourth-order valence-corrected chi connectivity index (χ4v) is 3.35. The summed E-state index contributed by atoms with van der Waals surface area (Å²) in [6.45, 7) is 2.18. The van der Waals surface area contributed by atoms with E-state index >= 15 is 0 Å². The van der Waals surface area contributed by atoms with Crippen LogP contribution in [0, 0.1) is 0 Å². The zero-order valence-corrected chi connectivity index (χ0v) is 16.0. The summed E-state index contributed by atoms with van der Waals surface area (Å²) in [5.41, 5.74) is 1.24. The minimum atomic E-state index is -3.56. The van der Waals surface area contributed by atoms with Gasteiger partial charge < -0.3 is 10.1 Å². The fourth-order valence-electron chi connectivity index (χ4n) is 2.43. The van der Waals surface area contributed by atoms with E-state index < -0.39 is 16.0 Å². The zero-order valence-electron chi connectivity index (χ0n) is 15.2. The number of amides is 1. The summed E-state index contributed by atoms with van der Waals surface area (Å²) in [4.78, 5) is 23.8. The number of nitrogens with one attached hydrogen (secondary N) is 1. The maximum absolute atomic E-state index is 12.1. The van der Waals surface area contributed by atoms with Gasteiger partial charge in [0, 0.05) is 12.1 Å². The van der Waals surface area contributed by atoms with Crippen molar-refractivity contribution < 1.29 is 22.7 Å². The van der Waals surface area contributed by atoms with Gasteiger partial charge in [-0.3, -0.25) is 9.10 Å². The molecular formula is C19H22N2O5S. The van der Waals surface area contributed by atoms with Gasteiger partial charge in [0.2, 0.25) is 10.0 Å². The van der Waals surface area contributed by atoms with E-state index in [-0.39, 0.29) is 25.6 Å². The second-order valence-electron chi connectivity index (χ2n) is 5.72. The summed E-state index contributed by atoms with van der Waals surface area (Å²) in [5, 5.41) is 2.70. The summed E-state index contributed by atoms with van der Waals surface area (Å²) in [7, 11) is -3.56. The third kappa shape index (κ3) is 5.82. The van der Waals surface area contributed by atoms with Crippen LogP contribution in [0.25, 0.3) is 0 Å². The molecule has 0 unspecified atom stereocenters. The van der Waals surface area contributed by atoms with E-state index in [2.05, 4.69) is 5.32 Å². The van der Waals surface area contributed by atoms with Gasteiger partial charge in [-0.1, -0.05) is 18.2 Å². The lowest BCUT2D eigenvalue weighted by atomic mass is 10.2. The predicted octanol–water partition coefficient (Wildman–Crippen LogP) is 2.06. The number of hydrogen-bond acceptors (Lipinski definition) is 5. The molecule has 0 aliphatic heterocycles. The molecule has 1 N–H and O–H groups in total. The van der Waals surface area contributed by atoms with Crippen LogP contribution in [0.15, 0.2) is 54.6 Å². The molecule has 144 valence electrons. The Bertz CT molecular complexity index is 880. The molecule has 2 aromatic rings. The second-order valence-corrected chi connectivity index (χ2v) is 7.63. The van der Waals surface area contributed by atoms with E-state index in [9.17, 15) is 18.0 Å². The summed E-state index contributed by atoms with van der Waals surface area (Å²) >= 11 is 0.